The van der Waals surface area contributed by atoms with E-state index in [0.717, 1.165) is 0 Å². The zero-order valence-electron chi connectivity index (χ0n) is 21.2. The molecule has 3 rings (SSSR count). The van der Waals surface area contributed by atoms with Crippen LogP contribution in [0.25, 0.3) is 0 Å². The summed E-state index contributed by atoms with van der Waals surface area (Å²) in [5.41, 5.74) is -0.694. The van der Waals surface area contributed by atoms with Crippen LogP contribution in [0.1, 0.15) is 53.2 Å². The third kappa shape index (κ3) is 5.18. The topological polar surface area (TPSA) is 115 Å². The lowest BCUT2D eigenvalue weighted by Crippen LogP contribution is -2.61. The maximum atomic E-state index is 13.5. The van der Waals surface area contributed by atoms with Crippen LogP contribution in [-0.2, 0) is 14.4 Å². The highest BCUT2D eigenvalue weighted by atomic mass is 19.4. The first-order valence-corrected chi connectivity index (χ1v) is 11.8. The van der Waals surface area contributed by atoms with Gasteiger partial charge in [0.25, 0.3) is 0 Å². The van der Waals surface area contributed by atoms with Gasteiger partial charge in [0.2, 0.25) is 11.8 Å². The fraction of sp³-hybridized carbons (Fsp3) is 0.640. The molecule has 1 saturated heterocycles. The fourth-order valence-corrected chi connectivity index (χ4v) is 5.16. The Morgan fingerprint density at radius 2 is 1.83 bits per heavy atom. The lowest BCUT2D eigenvalue weighted by Gasteiger charge is -2.38. The molecule has 0 aromatic carbocycles. The van der Waals surface area contributed by atoms with Crippen LogP contribution < -0.4 is 10.6 Å². The number of alkyl halides is 3. The van der Waals surface area contributed by atoms with Gasteiger partial charge in [0.15, 0.2) is 0 Å². The summed E-state index contributed by atoms with van der Waals surface area (Å²) in [7, 11) is 0. The van der Waals surface area contributed by atoms with Crippen LogP contribution >= 0.6 is 0 Å². The van der Waals surface area contributed by atoms with Crippen LogP contribution in [0.5, 0.6) is 0 Å². The van der Waals surface area contributed by atoms with Gasteiger partial charge in [0.1, 0.15) is 18.1 Å². The molecule has 1 aliphatic carbocycles. The second-order valence-corrected chi connectivity index (χ2v) is 11.3. The lowest BCUT2D eigenvalue weighted by molar-refractivity contribution is -0.176. The van der Waals surface area contributed by atoms with Gasteiger partial charge in [-0.25, -0.2) is 0 Å². The third-order valence-corrected chi connectivity index (χ3v) is 7.50. The van der Waals surface area contributed by atoms with Crippen LogP contribution in [0.3, 0.4) is 0 Å². The summed E-state index contributed by atoms with van der Waals surface area (Å²) < 4.78 is 38.9. The Morgan fingerprint density at radius 3 is 2.33 bits per heavy atom. The largest absolute Gasteiger partial charge is 0.471 e. The highest BCUT2D eigenvalue weighted by Crippen LogP contribution is 2.65. The Morgan fingerprint density at radius 1 is 1.19 bits per heavy atom. The number of halogens is 3. The number of nitriles is 1. The molecule has 3 amide bonds. The Balaban J connectivity index is 1.86. The molecule has 0 spiro atoms. The van der Waals surface area contributed by atoms with Gasteiger partial charge in [0.05, 0.1) is 6.07 Å². The molecular weight excluding hydrogens is 475 g/mol. The summed E-state index contributed by atoms with van der Waals surface area (Å²) in [5.74, 6) is -4.20. The Labute approximate surface area is 208 Å². The maximum absolute atomic E-state index is 13.5. The molecule has 2 heterocycles. The SMILES string of the molecule is CC(c1ccccn1)C(C#N)NC(=O)[C@@H]1[C@@H]2[C@H](CN1C(=O)[C@@H](NC(=O)C(F)(F)F)C(C)(C)C)C2(C)C. The summed E-state index contributed by atoms with van der Waals surface area (Å²) in [4.78, 5) is 44.3. The Kier molecular flexibility index (Phi) is 7.14. The lowest BCUT2D eigenvalue weighted by atomic mass is 9.85. The number of pyridine rings is 1. The minimum atomic E-state index is -5.16. The normalized spacial score (nSPS) is 25.1. The zero-order chi connectivity index (χ0) is 27.2. The van der Waals surface area contributed by atoms with Crippen molar-refractivity contribution < 1.29 is 27.6 Å². The van der Waals surface area contributed by atoms with Crippen molar-refractivity contribution in [2.45, 2.75) is 71.8 Å². The van der Waals surface area contributed by atoms with E-state index in [0.29, 0.717) is 5.69 Å². The van der Waals surface area contributed by atoms with Gasteiger partial charge in [-0.2, -0.15) is 18.4 Å². The second-order valence-electron chi connectivity index (χ2n) is 11.3. The first kappa shape index (κ1) is 27.4. The monoisotopic (exact) mass is 507 g/mol. The molecule has 8 nitrogen and oxygen atoms in total. The Hall–Kier alpha value is -3.16. The van der Waals surface area contributed by atoms with Gasteiger partial charge in [-0.15, -0.1) is 0 Å². The van der Waals surface area contributed by atoms with Crippen molar-refractivity contribution in [3.63, 3.8) is 0 Å². The molecule has 1 aromatic rings. The van der Waals surface area contributed by atoms with Gasteiger partial charge >= 0.3 is 12.1 Å². The van der Waals surface area contributed by atoms with Crippen molar-refractivity contribution in [2.75, 3.05) is 6.54 Å². The molecule has 6 atom stereocenters. The number of fused-ring (bicyclic) bond motifs is 1. The molecule has 196 valence electrons. The predicted molar refractivity (Wildman–Crippen MR) is 124 cm³/mol. The number of likely N-dealkylation sites (tertiary alicyclic amines) is 1. The summed E-state index contributed by atoms with van der Waals surface area (Å²) >= 11 is 0. The standard InChI is InChI=1S/C25H32F3N5O3/c1-13(15-9-7-8-10-30-15)16(11-29)31-20(34)18-17-14(24(17,5)6)12-33(18)21(35)19(23(2,3)4)32-22(36)25(26,27)28/h7-10,13-14,16-19H,12H2,1-6H3,(H,31,34)(H,32,36)/t13?,14-,16?,17-,18-,19+/m0/s1. The van der Waals surface area contributed by atoms with Crippen LogP contribution in [0.2, 0.25) is 0 Å². The molecule has 2 N–H and O–H groups in total. The fourth-order valence-electron chi connectivity index (χ4n) is 5.16. The van der Waals surface area contributed by atoms with E-state index < -0.39 is 53.4 Å². The predicted octanol–water partition coefficient (Wildman–Crippen LogP) is 2.77. The molecule has 1 aromatic heterocycles. The number of carbonyl (C=O) groups excluding carboxylic acids is 3. The number of carbonyl (C=O) groups is 3. The van der Waals surface area contributed by atoms with Crippen LogP contribution in [0, 0.1) is 34.0 Å². The number of nitrogens with zero attached hydrogens (tertiary/aromatic N) is 3. The van der Waals surface area contributed by atoms with E-state index in [-0.39, 0.29) is 23.8 Å². The molecule has 2 aliphatic rings. The molecule has 1 saturated carbocycles. The number of hydrogen-bond donors (Lipinski definition) is 2. The summed E-state index contributed by atoms with van der Waals surface area (Å²) in [6, 6.07) is 3.91. The summed E-state index contributed by atoms with van der Waals surface area (Å²) in [6.45, 7) is 10.5. The van der Waals surface area contributed by atoms with Crippen molar-refractivity contribution in [3.8, 4) is 6.07 Å². The van der Waals surface area contributed by atoms with Gasteiger partial charge in [-0.3, -0.25) is 19.4 Å². The van der Waals surface area contributed by atoms with Crippen LogP contribution in [-0.4, -0.2) is 58.5 Å². The summed E-state index contributed by atoms with van der Waals surface area (Å²) in [6.07, 6.45) is -3.57. The van der Waals surface area contributed by atoms with Crippen molar-refractivity contribution in [1.29, 1.82) is 5.26 Å². The number of hydrogen-bond acceptors (Lipinski definition) is 5. The first-order valence-electron chi connectivity index (χ1n) is 11.8. The number of amides is 3. The molecule has 0 radical (unpaired) electrons. The summed E-state index contributed by atoms with van der Waals surface area (Å²) in [5, 5.41) is 14.3. The minimum absolute atomic E-state index is 0.0233. The highest BCUT2D eigenvalue weighted by Gasteiger charge is 2.70. The van der Waals surface area contributed by atoms with E-state index in [4.69, 9.17) is 0 Å². The van der Waals surface area contributed by atoms with Crippen LogP contribution in [0.4, 0.5) is 13.2 Å². The molecular formula is C25H32F3N5O3. The van der Waals surface area contributed by atoms with E-state index >= 15 is 0 Å². The van der Waals surface area contributed by atoms with Crippen molar-refractivity contribution in [2.24, 2.45) is 22.7 Å². The molecule has 2 fully saturated rings. The van der Waals surface area contributed by atoms with Crippen molar-refractivity contribution >= 4 is 17.7 Å². The zero-order valence-corrected chi connectivity index (χ0v) is 21.2. The van der Waals surface area contributed by atoms with Gasteiger partial charge in [0, 0.05) is 24.4 Å². The van der Waals surface area contributed by atoms with E-state index in [2.05, 4.69) is 16.4 Å². The number of rotatable bonds is 6. The van der Waals surface area contributed by atoms with Crippen molar-refractivity contribution in [1.82, 2.24) is 20.5 Å². The third-order valence-electron chi connectivity index (χ3n) is 7.50. The van der Waals surface area contributed by atoms with Gasteiger partial charge < -0.3 is 15.5 Å². The minimum Gasteiger partial charge on any atom is -0.338 e. The second kappa shape index (κ2) is 9.37. The number of aromatic nitrogens is 1. The Bertz CT molecular complexity index is 1060. The average molecular weight is 508 g/mol. The van der Waals surface area contributed by atoms with Gasteiger partial charge in [-0.05, 0) is 34.8 Å². The highest BCUT2D eigenvalue weighted by molar-refractivity contribution is 5.95. The average Bonchev–Trinajstić information content (AvgIpc) is 3.11. The molecule has 1 aliphatic heterocycles. The van der Waals surface area contributed by atoms with E-state index in [1.54, 1.807) is 52.1 Å². The van der Waals surface area contributed by atoms with Crippen molar-refractivity contribution in [3.05, 3.63) is 30.1 Å². The molecule has 11 heteroatoms. The first-order chi connectivity index (χ1) is 16.5. The number of piperidine rings is 1. The quantitative estimate of drug-likeness (QED) is 0.615. The van der Waals surface area contributed by atoms with Crippen LogP contribution in [0.15, 0.2) is 24.4 Å². The van der Waals surface area contributed by atoms with E-state index in [9.17, 15) is 32.8 Å². The number of nitrogens with one attached hydrogen (secondary N) is 2. The maximum Gasteiger partial charge on any atom is 0.471 e. The van der Waals surface area contributed by atoms with E-state index in [1.807, 2.05) is 19.2 Å². The van der Waals surface area contributed by atoms with Gasteiger partial charge in [-0.1, -0.05) is 47.6 Å². The van der Waals surface area contributed by atoms with E-state index in [1.165, 1.54) is 4.90 Å². The molecule has 36 heavy (non-hydrogen) atoms. The molecule has 2 unspecified atom stereocenters. The molecule has 0 bridgehead atoms. The smallest absolute Gasteiger partial charge is 0.338 e.